The zero-order valence-corrected chi connectivity index (χ0v) is 8.91. The van der Waals surface area contributed by atoms with Gasteiger partial charge in [-0.3, -0.25) is 0 Å². The molecule has 2 nitrogen and oxygen atoms in total. The lowest BCUT2D eigenvalue weighted by atomic mass is 10.3. The summed E-state index contributed by atoms with van der Waals surface area (Å²) in [5, 5.41) is 0. The summed E-state index contributed by atoms with van der Waals surface area (Å²) >= 11 is 1.65. The minimum Gasteiger partial charge on any atom is -0.462 e. The molecule has 0 aliphatic rings. The predicted molar refractivity (Wildman–Crippen MR) is 44.7 cm³/mol. The number of rotatable bonds is 4. The van der Waals surface area contributed by atoms with E-state index in [1.165, 1.54) is 0 Å². The van der Waals surface area contributed by atoms with Gasteiger partial charge in [-0.25, -0.2) is 9.18 Å². The molecule has 0 radical (unpaired) electrons. The lowest BCUT2D eigenvalue weighted by Crippen LogP contribution is -2.43. The molecule has 0 amide bonds. The minimum atomic E-state index is -5.31. The monoisotopic (exact) mass is 280 g/mol. The van der Waals surface area contributed by atoms with Crippen LogP contribution in [-0.4, -0.2) is 23.3 Å². The van der Waals surface area contributed by atoms with E-state index < -0.39 is 16.7 Å². The summed E-state index contributed by atoms with van der Waals surface area (Å²) in [6.07, 6.45) is -4.27. The third kappa shape index (κ3) is 3.43. The molecule has 14 heavy (non-hydrogen) atoms. The lowest BCUT2D eigenvalue weighted by molar-refractivity contribution is -0.209. The second-order valence-electron chi connectivity index (χ2n) is 2.56. The maximum Gasteiger partial charge on any atom is 0.444 e. The number of esters is 1. The highest BCUT2D eigenvalue weighted by Crippen LogP contribution is 2.40. The molecule has 84 valence electrons. The Morgan fingerprint density at radius 2 is 1.86 bits per heavy atom. The van der Waals surface area contributed by atoms with Crippen molar-refractivity contribution in [3.8, 4) is 0 Å². The second kappa shape index (κ2) is 4.95. The number of ether oxygens (including phenoxy) is 1. The first-order chi connectivity index (χ1) is 6.23. The number of carbonyl (C=O) groups is 1. The molecule has 0 bridgehead atoms. The van der Waals surface area contributed by atoms with Crippen molar-refractivity contribution in [3.05, 3.63) is 0 Å². The molecular formula is C7H9BrF4O2. The molecule has 0 aliphatic heterocycles. The van der Waals surface area contributed by atoms with Crippen LogP contribution in [0.3, 0.4) is 0 Å². The summed E-state index contributed by atoms with van der Waals surface area (Å²) in [6.45, 7) is 1.54. The zero-order chi connectivity index (χ0) is 11.4. The van der Waals surface area contributed by atoms with Crippen LogP contribution in [0, 0.1) is 0 Å². The van der Waals surface area contributed by atoms with Gasteiger partial charge in [0.15, 0.2) is 0 Å². The Balaban J connectivity index is 4.23. The van der Waals surface area contributed by atoms with E-state index in [-0.39, 0.29) is 6.61 Å². The van der Waals surface area contributed by atoms with Crippen LogP contribution in [0.5, 0.6) is 0 Å². The molecule has 1 atom stereocenters. The van der Waals surface area contributed by atoms with Crippen molar-refractivity contribution in [3.63, 3.8) is 0 Å². The molecule has 0 aromatic carbocycles. The van der Waals surface area contributed by atoms with Gasteiger partial charge in [0.05, 0.1) is 6.61 Å². The Kier molecular flexibility index (Phi) is 4.83. The summed E-state index contributed by atoms with van der Waals surface area (Å²) in [6, 6.07) is 0. The zero-order valence-electron chi connectivity index (χ0n) is 7.33. The number of carbonyl (C=O) groups excluding carboxylic acids is 1. The van der Waals surface area contributed by atoms with E-state index in [1.807, 2.05) is 0 Å². The number of unbranched alkanes of at least 4 members (excludes halogenated alkanes) is 1. The van der Waals surface area contributed by atoms with Gasteiger partial charge >= 0.3 is 16.7 Å². The van der Waals surface area contributed by atoms with E-state index in [9.17, 15) is 22.4 Å². The van der Waals surface area contributed by atoms with E-state index in [2.05, 4.69) is 4.74 Å². The van der Waals surface area contributed by atoms with Gasteiger partial charge < -0.3 is 4.74 Å². The van der Waals surface area contributed by atoms with Crippen molar-refractivity contribution in [2.45, 2.75) is 30.5 Å². The van der Waals surface area contributed by atoms with Crippen molar-refractivity contribution < 1.29 is 27.1 Å². The summed E-state index contributed by atoms with van der Waals surface area (Å²) in [7, 11) is 0. The van der Waals surface area contributed by atoms with Gasteiger partial charge in [-0.15, -0.1) is 0 Å². The summed E-state index contributed by atoms with van der Waals surface area (Å²) in [4.78, 5) is 10.6. The fraction of sp³-hybridized carbons (Fsp3) is 0.857. The first kappa shape index (κ1) is 13.7. The second-order valence-corrected chi connectivity index (χ2v) is 3.65. The smallest absolute Gasteiger partial charge is 0.444 e. The third-order valence-electron chi connectivity index (χ3n) is 1.34. The van der Waals surface area contributed by atoms with Crippen molar-refractivity contribution in [1.82, 2.24) is 0 Å². The van der Waals surface area contributed by atoms with E-state index in [4.69, 9.17) is 0 Å². The van der Waals surface area contributed by atoms with E-state index >= 15 is 0 Å². The van der Waals surface area contributed by atoms with Gasteiger partial charge in [-0.05, 0) is 22.4 Å². The van der Waals surface area contributed by atoms with Gasteiger partial charge in [0.25, 0.3) is 0 Å². The van der Waals surface area contributed by atoms with Crippen LogP contribution in [0.15, 0.2) is 0 Å². The van der Waals surface area contributed by atoms with Gasteiger partial charge in [-0.2, -0.15) is 13.2 Å². The Labute approximate surface area is 86.7 Å². The standard InChI is InChI=1S/C7H9BrF4O2/c1-2-3-4-14-5(13)6(8,9)7(10,11)12/h2-4H2,1H3. The maximum absolute atomic E-state index is 12.7. The Hall–Kier alpha value is -0.330. The molecule has 0 N–H and O–H groups in total. The molecule has 0 spiro atoms. The highest BCUT2D eigenvalue weighted by Gasteiger charge is 2.61. The van der Waals surface area contributed by atoms with E-state index in [1.54, 1.807) is 22.9 Å². The molecule has 1 unspecified atom stereocenters. The SMILES string of the molecule is CCCCOC(=O)C(F)(Br)C(F)(F)F. The van der Waals surface area contributed by atoms with Gasteiger partial charge in [0.2, 0.25) is 0 Å². The van der Waals surface area contributed by atoms with Crippen molar-refractivity contribution in [2.75, 3.05) is 6.61 Å². The van der Waals surface area contributed by atoms with Crippen molar-refractivity contribution in [2.24, 2.45) is 0 Å². The molecule has 0 saturated carbocycles. The van der Waals surface area contributed by atoms with Crippen molar-refractivity contribution >= 4 is 21.9 Å². The third-order valence-corrected chi connectivity index (χ3v) is 2.12. The number of alkyl halides is 5. The fourth-order valence-corrected chi connectivity index (χ4v) is 0.630. The van der Waals surface area contributed by atoms with Gasteiger partial charge in [0.1, 0.15) is 0 Å². The quantitative estimate of drug-likeness (QED) is 0.343. The molecule has 0 aliphatic carbocycles. The Bertz CT molecular complexity index is 202. The molecule has 0 heterocycles. The lowest BCUT2D eigenvalue weighted by Gasteiger charge is -2.19. The number of hydrogen-bond acceptors (Lipinski definition) is 2. The summed E-state index contributed by atoms with van der Waals surface area (Å²) < 4.78 is 48.3. The fourth-order valence-electron chi connectivity index (χ4n) is 0.516. The van der Waals surface area contributed by atoms with Crippen molar-refractivity contribution in [1.29, 1.82) is 0 Å². The molecule has 0 rings (SSSR count). The minimum absolute atomic E-state index is 0.220. The molecule has 0 fully saturated rings. The molecule has 0 saturated heterocycles. The largest absolute Gasteiger partial charge is 0.462 e. The summed E-state index contributed by atoms with van der Waals surface area (Å²) in [5.41, 5.74) is 0. The highest BCUT2D eigenvalue weighted by atomic mass is 79.9. The summed E-state index contributed by atoms with van der Waals surface area (Å²) in [5.74, 6) is -1.96. The van der Waals surface area contributed by atoms with Crippen LogP contribution in [0.2, 0.25) is 0 Å². The first-order valence-electron chi connectivity index (χ1n) is 3.85. The normalized spacial score (nSPS) is 16.1. The van der Waals surface area contributed by atoms with Crippen LogP contribution >= 0.6 is 15.9 Å². The van der Waals surface area contributed by atoms with Crippen LogP contribution in [0.1, 0.15) is 19.8 Å². The van der Waals surface area contributed by atoms with Crippen LogP contribution in [0.25, 0.3) is 0 Å². The molecule has 7 heteroatoms. The number of hydrogen-bond donors (Lipinski definition) is 0. The van der Waals surface area contributed by atoms with Crippen LogP contribution in [-0.2, 0) is 9.53 Å². The topological polar surface area (TPSA) is 26.3 Å². The van der Waals surface area contributed by atoms with Gasteiger partial charge in [0, 0.05) is 0 Å². The first-order valence-corrected chi connectivity index (χ1v) is 4.64. The molecule has 0 aromatic rings. The predicted octanol–water partition coefficient (Wildman–Crippen LogP) is 2.95. The van der Waals surface area contributed by atoms with E-state index in [0.29, 0.717) is 12.8 Å². The molecule has 0 aromatic heterocycles. The van der Waals surface area contributed by atoms with E-state index in [0.717, 1.165) is 0 Å². The van der Waals surface area contributed by atoms with Gasteiger partial charge in [-0.1, -0.05) is 13.3 Å². The number of halogens is 5. The Morgan fingerprint density at radius 1 is 1.36 bits per heavy atom. The average Bonchev–Trinajstić information content (AvgIpc) is 2.02. The average molecular weight is 281 g/mol. The van der Waals surface area contributed by atoms with Crippen LogP contribution < -0.4 is 0 Å². The maximum atomic E-state index is 12.7. The van der Waals surface area contributed by atoms with Crippen LogP contribution in [0.4, 0.5) is 17.6 Å². The Morgan fingerprint density at radius 3 is 2.21 bits per heavy atom. The highest BCUT2D eigenvalue weighted by molar-refractivity contribution is 9.10. The molecular weight excluding hydrogens is 272 g/mol.